The Balaban J connectivity index is 1.46. The number of hydrogen-bond donors (Lipinski definition) is 0. The molecule has 4 saturated carbocycles. The van der Waals surface area contributed by atoms with Crippen LogP contribution in [0.3, 0.4) is 0 Å². The molecule has 1 heterocycles. The second-order valence-electron chi connectivity index (χ2n) is 10.1. The second kappa shape index (κ2) is 5.10. The molecule has 2 heteroatoms. The molecule has 0 aromatic carbocycles. The number of rotatable bonds is 0. The Morgan fingerprint density at radius 1 is 0.958 bits per heavy atom. The van der Waals surface area contributed by atoms with Crippen LogP contribution in [0.1, 0.15) is 71.6 Å². The summed E-state index contributed by atoms with van der Waals surface area (Å²) >= 11 is 0. The van der Waals surface area contributed by atoms with Crippen molar-refractivity contribution in [1.29, 1.82) is 0 Å². The summed E-state index contributed by atoms with van der Waals surface area (Å²) in [4.78, 5) is 0. The summed E-state index contributed by atoms with van der Waals surface area (Å²) < 4.78 is 12.2. The first-order valence-corrected chi connectivity index (χ1v) is 10.4. The van der Waals surface area contributed by atoms with Gasteiger partial charge in [-0.15, -0.1) is 0 Å². The van der Waals surface area contributed by atoms with Gasteiger partial charge in [0.05, 0.1) is 13.2 Å². The van der Waals surface area contributed by atoms with E-state index in [1.54, 1.807) is 0 Å². The Labute approximate surface area is 147 Å². The van der Waals surface area contributed by atoms with Crippen molar-refractivity contribution < 1.29 is 9.47 Å². The first-order valence-electron chi connectivity index (χ1n) is 10.4. The quantitative estimate of drug-likeness (QED) is 0.559. The van der Waals surface area contributed by atoms with Gasteiger partial charge < -0.3 is 9.47 Å². The van der Waals surface area contributed by atoms with Crippen molar-refractivity contribution in [3.63, 3.8) is 0 Å². The Morgan fingerprint density at radius 2 is 1.75 bits per heavy atom. The third-order valence-corrected chi connectivity index (χ3v) is 9.30. The van der Waals surface area contributed by atoms with E-state index in [1.807, 2.05) is 0 Å². The summed E-state index contributed by atoms with van der Waals surface area (Å²) in [5.74, 6) is 3.19. The molecule has 5 rings (SSSR count). The van der Waals surface area contributed by atoms with E-state index in [1.165, 1.54) is 50.5 Å². The van der Waals surface area contributed by atoms with Crippen LogP contribution in [-0.4, -0.2) is 19.0 Å². The molecule has 0 unspecified atom stereocenters. The summed E-state index contributed by atoms with van der Waals surface area (Å²) in [5.41, 5.74) is 2.42. The van der Waals surface area contributed by atoms with Crippen LogP contribution in [0, 0.1) is 34.5 Å². The Kier molecular flexibility index (Phi) is 3.37. The van der Waals surface area contributed by atoms with Crippen LogP contribution >= 0.6 is 0 Å². The smallest absolute Gasteiger partial charge is 0.172 e. The van der Waals surface area contributed by atoms with Gasteiger partial charge in [0.2, 0.25) is 0 Å². The third-order valence-electron chi connectivity index (χ3n) is 9.30. The van der Waals surface area contributed by atoms with E-state index in [-0.39, 0.29) is 5.79 Å². The third kappa shape index (κ3) is 1.96. The van der Waals surface area contributed by atoms with E-state index in [9.17, 15) is 0 Å². The average Bonchev–Trinajstić information content (AvgIpc) is 3.15. The van der Waals surface area contributed by atoms with E-state index >= 15 is 0 Å². The molecule has 5 fully saturated rings. The normalized spacial score (nSPS) is 52.8. The van der Waals surface area contributed by atoms with Crippen LogP contribution < -0.4 is 0 Å². The molecule has 4 aliphatic carbocycles. The van der Waals surface area contributed by atoms with E-state index in [2.05, 4.69) is 20.4 Å². The predicted molar refractivity (Wildman–Crippen MR) is 95.5 cm³/mol. The second-order valence-corrected chi connectivity index (χ2v) is 10.1. The molecule has 1 aliphatic heterocycles. The van der Waals surface area contributed by atoms with Crippen LogP contribution in [0.25, 0.3) is 0 Å². The minimum Gasteiger partial charge on any atom is -0.347 e. The highest BCUT2D eigenvalue weighted by Crippen LogP contribution is 2.68. The fraction of sp³-hybridized carbons (Fsp3) is 0.909. The summed E-state index contributed by atoms with van der Waals surface area (Å²) in [6.45, 7) is 11.3. The molecule has 5 aliphatic rings. The maximum Gasteiger partial charge on any atom is 0.172 e. The SMILES string of the molecule is C=C1CC2(C[C@@H]3CC[C@H]4[C@@H]5CCC[C@@]5(C)CC[C@@H]4[C@@]13C)OCCO2. The maximum atomic E-state index is 6.08. The molecule has 0 amide bonds. The van der Waals surface area contributed by atoms with Gasteiger partial charge in [-0.05, 0) is 73.0 Å². The van der Waals surface area contributed by atoms with Crippen molar-refractivity contribution in [3.05, 3.63) is 12.2 Å². The zero-order valence-corrected chi connectivity index (χ0v) is 15.6. The topological polar surface area (TPSA) is 18.5 Å². The van der Waals surface area contributed by atoms with E-state index in [0.717, 1.165) is 43.8 Å². The molecule has 134 valence electrons. The molecule has 0 aromatic rings. The zero-order valence-electron chi connectivity index (χ0n) is 15.6. The van der Waals surface area contributed by atoms with Gasteiger partial charge in [-0.2, -0.15) is 0 Å². The summed E-state index contributed by atoms with van der Waals surface area (Å²) in [7, 11) is 0. The molecule has 24 heavy (non-hydrogen) atoms. The van der Waals surface area contributed by atoms with Crippen molar-refractivity contribution in [3.8, 4) is 0 Å². The van der Waals surface area contributed by atoms with Gasteiger partial charge in [0.1, 0.15) is 0 Å². The molecular weight excluding hydrogens is 296 g/mol. The molecule has 6 atom stereocenters. The first-order chi connectivity index (χ1) is 11.5. The van der Waals surface area contributed by atoms with Crippen LogP contribution in [-0.2, 0) is 9.47 Å². The highest BCUT2D eigenvalue weighted by molar-refractivity contribution is 5.23. The number of hydrogen-bond acceptors (Lipinski definition) is 2. The van der Waals surface area contributed by atoms with Crippen molar-refractivity contribution in [2.45, 2.75) is 77.4 Å². The van der Waals surface area contributed by atoms with Gasteiger partial charge in [0.15, 0.2) is 5.79 Å². The zero-order chi connectivity index (χ0) is 16.6. The molecule has 2 nitrogen and oxygen atoms in total. The standard InChI is InChI=1S/C22H34O2/c1-15-13-22(23-11-12-24-22)14-16-6-7-17-18-5-4-9-20(18,2)10-8-19(17)21(15,16)3/h16-19H,1,4-14H2,2-3H3/t16-,17-,18-,19-,20-,21-/m0/s1. The minimum atomic E-state index is -0.315. The monoisotopic (exact) mass is 330 g/mol. The highest BCUT2D eigenvalue weighted by atomic mass is 16.7. The van der Waals surface area contributed by atoms with E-state index < -0.39 is 0 Å². The van der Waals surface area contributed by atoms with Crippen LogP contribution in [0.4, 0.5) is 0 Å². The van der Waals surface area contributed by atoms with Crippen LogP contribution in [0.15, 0.2) is 12.2 Å². The van der Waals surface area contributed by atoms with Crippen molar-refractivity contribution in [2.75, 3.05) is 13.2 Å². The van der Waals surface area contributed by atoms with Gasteiger partial charge in [-0.1, -0.05) is 32.4 Å². The highest BCUT2D eigenvalue weighted by Gasteiger charge is 2.61. The Morgan fingerprint density at radius 3 is 2.54 bits per heavy atom. The fourth-order valence-electron chi connectivity index (χ4n) is 7.97. The largest absolute Gasteiger partial charge is 0.347 e. The number of ether oxygens (including phenoxy) is 2. The lowest BCUT2D eigenvalue weighted by atomic mass is 9.44. The van der Waals surface area contributed by atoms with Crippen molar-refractivity contribution in [1.82, 2.24) is 0 Å². The lowest BCUT2D eigenvalue weighted by molar-refractivity contribution is -0.208. The fourth-order valence-corrected chi connectivity index (χ4v) is 7.97. The van der Waals surface area contributed by atoms with Crippen LogP contribution in [0.2, 0.25) is 0 Å². The minimum absolute atomic E-state index is 0.315. The van der Waals surface area contributed by atoms with E-state index in [0.29, 0.717) is 16.7 Å². The van der Waals surface area contributed by atoms with Crippen molar-refractivity contribution in [2.24, 2.45) is 34.5 Å². The van der Waals surface area contributed by atoms with Gasteiger partial charge in [-0.25, -0.2) is 0 Å². The molecular formula is C22H34O2. The molecule has 0 aromatic heterocycles. The van der Waals surface area contributed by atoms with Crippen molar-refractivity contribution >= 4 is 0 Å². The summed E-state index contributed by atoms with van der Waals surface area (Å²) in [5, 5.41) is 0. The first kappa shape index (κ1) is 15.9. The average molecular weight is 331 g/mol. The Bertz CT molecular complexity index is 548. The number of fused-ring (bicyclic) bond motifs is 5. The molecule has 1 spiro atoms. The molecule has 0 bridgehead atoms. The summed E-state index contributed by atoms with van der Waals surface area (Å²) in [6, 6.07) is 0. The predicted octanol–water partition coefficient (Wildman–Crippen LogP) is 5.33. The Hall–Kier alpha value is -0.340. The molecule has 0 radical (unpaired) electrons. The van der Waals surface area contributed by atoms with Gasteiger partial charge in [0, 0.05) is 12.8 Å². The lowest BCUT2D eigenvalue weighted by Gasteiger charge is -2.62. The van der Waals surface area contributed by atoms with E-state index in [4.69, 9.17) is 9.47 Å². The van der Waals surface area contributed by atoms with Gasteiger partial charge in [0.25, 0.3) is 0 Å². The van der Waals surface area contributed by atoms with Crippen LogP contribution in [0.5, 0.6) is 0 Å². The summed E-state index contributed by atoms with van der Waals surface area (Å²) in [6.07, 6.45) is 12.2. The molecule has 0 N–H and O–H groups in total. The lowest BCUT2D eigenvalue weighted by Crippen LogP contribution is -2.56. The van der Waals surface area contributed by atoms with Gasteiger partial charge in [-0.3, -0.25) is 0 Å². The maximum absolute atomic E-state index is 6.08. The van der Waals surface area contributed by atoms with Gasteiger partial charge >= 0.3 is 0 Å². The molecule has 1 saturated heterocycles.